The molecule has 0 spiro atoms. The van der Waals surface area contributed by atoms with Crippen LogP contribution in [0.2, 0.25) is 0 Å². The van der Waals surface area contributed by atoms with Gasteiger partial charge in [-0.3, -0.25) is 9.69 Å². The molecule has 0 unspecified atom stereocenters. The van der Waals surface area contributed by atoms with Crippen LogP contribution in [0.4, 0.5) is 8.78 Å². The lowest BCUT2D eigenvalue weighted by molar-refractivity contribution is 0.0113. The van der Waals surface area contributed by atoms with Crippen LogP contribution in [0.1, 0.15) is 12.2 Å². The van der Waals surface area contributed by atoms with Crippen LogP contribution in [-0.2, 0) is 6.54 Å². The number of likely N-dealkylation sites (tertiary alicyclic amines) is 1. The second-order valence-corrected chi connectivity index (χ2v) is 7.03. The molecule has 1 aliphatic heterocycles. The van der Waals surface area contributed by atoms with E-state index in [4.69, 9.17) is 0 Å². The van der Waals surface area contributed by atoms with Gasteiger partial charge in [0.1, 0.15) is 10.5 Å². The molecule has 0 radical (unpaired) electrons. The number of aromatic nitrogens is 2. The fourth-order valence-corrected chi connectivity index (χ4v) is 3.61. The Kier molecular flexibility index (Phi) is 3.18. The third-order valence-corrected chi connectivity index (χ3v) is 4.65. The van der Waals surface area contributed by atoms with E-state index in [1.165, 1.54) is 11.3 Å². The summed E-state index contributed by atoms with van der Waals surface area (Å²) in [7, 11) is 0. The van der Waals surface area contributed by atoms with E-state index in [1.807, 2.05) is 0 Å². The first-order valence-corrected chi connectivity index (χ1v) is 7.32. The van der Waals surface area contributed by atoms with Crippen LogP contribution < -0.4 is 5.56 Å². The summed E-state index contributed by atoms with van der Waals surface area (Å²) in [5.74, 6) is -2.20. The average molecular weight is 350 g/mol. The summed E-state index contributed by atoms with van der Waals surface area (Å²) in [4.78, 5) is 20.4. The lowest BCUT2D eigenvalue weighted by atomic mass is 10.3. The Morgan fingerprint density at radius 1 is 1.58 bits per heavy atom. The van der Waals surface area contributed by atoms with Gasteiger partial charge in [0.2, 0.25) is 0 Å². The first-order valence-electron chi connectivity index (χ1n) is 5.71. The second kappa shape index (κ2) is 4.60. The molecule has 19 heavy (non-hydrogen) atoms. The Morgan fingerprint density at radius 2 is 2.37 bits per heavy atom. The molecule has 0 bridgehead atoms. The molecule has 2 aromatic heterocycles. The van der Waals surface area contributed by atoms with Crippen LogP contribution in [0.3, 0.4) is 0 Å². The van der Waals surface area contributed by atoms with E-state index < -0.39 is 5.92 Å². The van der Waals surface area contributed by atoms with Crippen molar-refractivity contribution in [3.05, 3.63) is 26.0 Å². The largest absolute Gasteiger partial charge is 0.308 e. The smallest absolute Gasteiger partial charge is 0.268 e. The van der Waals surface area contributed by atoms with E-state index >= 15 is 0 Å². The summed E-state index contributed by atoms with van der Waals surface area (Å²) in [6, 6.07) is 1.76. The number of hydrogen-bond donors (Lipinski definition) is 1. The van der Waals surface area contributed by atoms with E-state index in [9.17, 15) is 13.6 Å². The lowest BCUT2D eigenvalue weighted by Crippen LogP contribution is -2.26. The zero-order valence-corrected chi connectivity index (χ0v) is 12.2. The van der Waals surface area contributed by atoms with E-state index in [0.717, 1.165) is 3.79 Å². The summed E-state index contributed by atoms with van der Waals surface area (Å²) in [5.41, 5.74) is 0.378. The van der Waals surface area contributed by atoms with Gasteiger partial charge in [-0.15, -0.1) is 11.3 Å². The van der Waals surface area contributed by atoms with Crippen LogP contribution in [-0.4, -0.2) is 33.9 Å². The minimum Gasteiger partial charge on any atom is -0.308 e. The highest BCUT2D eigenvalue weighted by molar-refractivity contribution is 9.11. The molecule has 0 saturated carbocycles. The standard InChI is InChI=1S/C11H10BrF2N3OS/c12-7-3-6-9(19-7)10(18)16-8(15-6)4-17-2-1-11(13,14)5-17/h3H,1-2,4-5H2,(H,15,16,18). The Labute approximate surface area is 119 Å². The zero-order chi connectivity index (χ0) is 13.6. The van der Waals surface area contributed by atoms with E-state index in [0.29, 0.717) is 22.6 Å². The quantitative estimate of drug-likeness (QED) is 0.906. The number of rotatable bonds is 2. The number of halogens is 3. The number of aromatic amines is 1. The van der Waals surface area contributed by atoms with Gasteiger partial charge >= 0.3 is 0 Å². The number of hydrogen-bond acceptors (Lipinski definition) is 4. The van der Waals surface area contributed by atoms with Gasteiger partial charge in [-0.2, -0.15) is 0 Å². The fraction of sp³-hybridized carbons (Fsp3) is 0.455. The number of thiophene rings is 1. The first kappa shape index (κ1) is 13.1. The molecule has 3 rings (SSSR count). The van der Waals surface area contributed by atoms with Gasteiger partial charge in [0.05, 0.1) is 22.4 Å². The Hall–Kier alpha value is -0.860. The van der Waals surface area contributed by atoms with E-state index in [1.54, 1.807) is 11.0 Å². The van der Waals surface area contributed by atoms with Crippen LogP contribution in [0.25, 0.3) is 10.2 Å². The molecule has 3 heterocycles. The number of nitrogens with zero attached hydrogens (tertiary/aromatic N) is 2. The molecule has 1 saturated heterocycles. The fourth-order valence-electron chi connectivity index (χ4n) is 2.19. The summed E-state index contributed by atoms with van der Waals surface area (Å²) in [6.07, 6.45) is -0.135. The minimum absolute atomic E-state index is 0.135. The summed E-state index contributed by atoms with van der Waals surface area (Å²) < 4.78 is 27.6. The molecule has 1 N–H and O–H groups in total. The monoisotopic (exact) mass is 349 g/mol. The predicted octanol–water partition coefficient (Wildman–Crippen LogP) is 2.59. The molecular formula is C11H10BrF2N3OS. The molecule has 0 atom stereocenters. The Balaban J connectivity index is 1.88. The van der Waals surface area contributed by atoms with E-state index in [-0.39, 0.29) is 25.1 Å². The SMILES string of the molecule is O=c1[nH]c(CN2CCC(F)(F)C2)nc2cc(Br)sc12. The molecule has 0 amide bonds. The highest BCUT2D eigenvalue weighted by Crippen LogP contribution is 2.28. The van der Waals surface area contributed by atoms with Crippen LogP contribution in [0.15, 0.2) is 14.6 Å². The lowest BCUT2D eigenvalue weighted by Gasteiger charge is -2.14. The number of H-pyrrole nitrogens is 1. The highest BCUT2D eigenvalue weighted by atomic mass is 79.9. The molecule has 0 aromatic carbocycles. The maximum atomic E-state index is 13.1. The molecular weight excluding hydrogens is 340 g/mol. The van der Waals surface area contributed by atoms with Crippen molar-refractivity contribution >= 4 is 37.5 Å². The molecule has 102 valence electrons. The van der Waals surface area contributed by atoms with Gasteiger partial charge < -0.3 is 4.98 Å². The van der Waals surface area contributed by atoms with Crippen LogP contribution in [0, 0.1) is 0 Å². The predicted molar refractivity (Wildman–Crippen MR) is 72.8 cm³/mol. The van der Waals surface area contributed by atoms with Crippen molar-refractivity contribution in [1.29, 1.82) is 0 Å². The van der Waals surface area contributed by atoms with Crippen molar-refractivity contribution in [2.45, 2.75) is 18.9 Å². The maximum Gasteiger partial charge on any atom is 0.268 e. The minimum atomic E-state index is -2.63. The summed E-state index contributed by atoms with van der Waals surface area (Å²) >= 11 is 4.61. The Bertz CT molecular complexity index is 684. The van der Waals surface area contributed by atoms with Crippen molar-refractivity contribution in [2.75, 3.05) is 13.1 Å². The van der Waals surface area contributed by atoms with Crippen LogP contribution in [0.5, 0.6) is 0 Å². The van der Waals surface area contributed by atoms with Crippen molar-refractivity contribution in [3.63, 3.8) is 0 Å². The van der Waals surface area contributed by atoms with Crippen molar-refractivity contribution in [1.82, 2.24) is 14.9 Å². The number of fused-ring (bicyclic) bond motifs is 1. The molecule has 1 fully saturated rings. The number of alkyl halides is 2. The van der Waals surface area contributed by atoms with Gasteiger partial charge in [-0.1, -0.05) is 0 Å². The van der Waals surface area contributed by atoms with Crippen molar-refractivity contribution in [3.8, 4) is 0 Å². The van der Waals surface area contributed by atoms with Gasteiger partial charge in [0.15, 0.2) is 0 Å². The zero-order valence-electron chi connectivity index (χ0n) is 9.75. The summed E-state index contributed by atoms with van der Waals surface area (Å²) in [6.45, 7) is 0.290. The number of nitrogens with one attached hydrogen (secondary N) is 1. The topological polar surface area (TPSA) is 49.0 Å². The second-order valence-electron chi connectivity index (χ2n) is 4.59. The normalized spacial score (nSPS) is 19.3. The molecule has 8 heteroatoms. The van der Waals surface area contributed by atoms with Gasteiger partial charge in [0, 0.05) is 13.0 Å². The van der Waals surface area contributed by atoms with Crippen molar-refractivity contribution in [2.24, 2.45) is 0 Å². The molecule has 2 aromatic rings. The van der Waals surface area contributed by atoms with Crippen LogP contribution >= 0.6 is 27.3 Å². The molecule has 0 aliphatic carbocycles. The average Bonchev–Trinajstić information content (AvgIpc) is 2.81. The first-order chi connectivity index (χ1) is 8.93. The highest BCUT2D eigenvalue weighted by Gasteiger charge is 2.38. The maximum absolute atomic E-state index is 13.1. The summed E-state index contributed by atoms with van der Waals surface area (Å²) in [5, 5.41) is 0. The third kappa shape index (κ3) is 2.70. The molecule has 1 aliphatic rings. The van der Waals surface area contributed by atoms with Gasteiger partial charge in [-0.25, -0.2) is 13.8 Å². The van der Waals surface area contributed by atoms with E-state index in [2.05, 4.69) is 25.9 Å². The van der Waals surface area contributed by atoms with Gasteiger partial charge in [0.25, 0.3) is 11.5 Å². The van der Waals surface area contributed by atoms with Gasteiger partial charge in [-0.05, 0) is 22.0 Å². The molecule has 4 nitrogen and oxygen atoms in total. The third-order valence-electron chi connectivity index (χ3n) is 3.02. The van der Waals surface area contributed by atoms with Crippen molar-refractivity contribution < 1.29 is 8.78 Å². The Morgan fingerprint density at radius 3 is 3.05 bits per heavy atom.